The predicted molar refractivity (Wildman–Crippen MR) is 107 cm³/mol. The molecular weight excluding hydrogens is 459 g/mol. The Bertz CT molecular complexity index is 1050. The third-order valence-corrected chi connectivity index (χ3v) is 4.16. The Morgan fingerprint density at radius 3 is 2.41 bits per heavy atom. The van der Waals surface area contributed by atoms with Crippen LogP contribution in [-0.2, 0) is 25.3 Å². The second-order valence-electron chi connectivity index (χ2n) is 6.26. The maximum absolute atomic E-state index is 12.7. The lowest BCUT2D eigenvalue weighted by molar-refractivity contribution is -0.384. The number of nitrogens with zero attached hydrogens (tertiary/aromatic N) is 1. The summed E-state index contributed by atoms with van der Waals surface area (Å²) < 4.78 is 42.9. The van der Waals surface area contributed by atoms with Gasteiger partial charge in [-0.3, -0.25) is 24.5 Å². The number of ether oxygens (including phenoxy) is 1. The van der Waals surface area contributed by atoms with Gasteiger partial charge in [0.05, 0.1) is 27.6 Å². The number of carbonyl (C=O) groups excluding carboxylic acids is 3. The zero-order valence-electron chi connectivity index (χ0n) is 16.1. The number of alkyl halides is 3. The number of anilines is 2. The van der Waals surface area contributed by atoms with Gasteiger partial charge in [0.2, 0.25) is 5.91 Å². The van der Waals surface area contributed by atoms with Gasteiger partial charge in [0.15, 0.2) is 6.61 Å². The molecule has 0 aromatic heterocycles. The highest BCUT2D eigenvalue weighted by Gasteiger charge is 2.31. The van der Waals surface area contributed by atoms with Gasteiger partial charge in [0, 0.05) is 24.2 Å². The van der Waals surface area contributed by atoms with Crippen LogP contribution in [0.1, 0.15) is 18.4 Å². The molecule has 0 saturated heterocycles. The van der Waals surface area contributed by atoms with Crippen molar-refractivity contribution in [1.29, 1.82) is 0 Å². The lowest BCUT2D eigenvalue weighted by atomic mass is 10.2. The van der Waals surface area contributed by atoms with E-state index in [0.29, 0.717) is 6.07 Å². The summed E-state index contributed by atoms with van der Waals surface area (Å²) in [4.78, 5) is 45.5. The predicted octanol–water partition coefficient (Wildman–Crippen LogP) is 4.17. The summed E-state index contributed by atoms with van der Waals surface area (Å²) in [5, 5.41) is 15.1. The van der Waals surface area contributed by atoms with Crippen LogP contribution in [0, 0.1) is 10.1 Å². The molecule has 0 saturated carbocycles. The fourth-order valence-corrected chi connectivity index (χ4v) is 2.50. The molecule has 2 amide bonds. The molecule has 2 rings (SSSR count). The molecule has 13 heteroatoms. The van der Waals surface area contributed by atoms with Crippen molar-refractivity contribution in [3.8, 4) is 0 Å². The maximum atomic E-state index is 12.7. The fraction of sp³-hybridized carbons (Fsp3) is 0.211. The number of nitro groups is 1. The van der Waals surface area contributed by atoms with Crippen molar-refractivity contribution in [2.75, 3.05) is 17.2 Å². The van der Waals surface area contributed by atoms with Crippen molar-refractivity contribution < 1.29 is 37.2 Å². The molecule has 2 N–H and O–H groups in total. The van der Waals surface area contributed by atoms with E-state index in [0.717, 1.165) is 18.2 Å². The molecular formula is C19H15ClF3N3O6. The van der Waals surface area contributed by atoms with Crippen molar-refractivity contribution in [1.82, 2.24) is 0 Å². The molecule has 2 aromatic rings. The molecule has 9 nitrogen and oxygen atoms in total. The molecule has 0 heterocycles. The Morgan fingerprint density at radius 1 is 1.03 bits per heavy atom. The topological polar surface area (TPSA) is 128 Å². The summed E-state index contributed by atoms with van der Waals surface area (Å²) in [6, 6.07) is 7.52. The average Bonchev–Trinajstić information content (AvgIpc) is 2.71. The van der Waals surface area contributed by atoms with E-state index in [1.54, 1.807) is 0 Å². The maximum Gasteiger partial charge on any atom is 0.416 e. The van der Waals surface area contributed by atoms with Crippen molar-refractivity contribution in [2.45, 2.75) is 19.0 Å². The zero-order chi connectivity index (χ0) is 23.9. The summed E-state index contributed by atoms with van der Waals surface area (Å²) in [6.45, 7) is -0.808. The zero-order valence-corrected chi connectivity index (χ0v) is 16.8. The molecule has 0 atom stereocenters. The highest BCUT2D eigenvalue weighted by molar-refractivity contribution is 6.33. The van der Waals surface area contributed by atoms with Crippen LogP contribution < -0.4 is 10.6 Å². The summed E-state index contributed by atoms with van der Waals surface area (Å²) >= 11 is 5.76. The molecule has 0 aliphatic carbocycles. The Labute approximate surface area is 183 Å². The largest absolute Gasteiger partial charge is 0.456 e. The van der Waals surface area contributed by atoms with E-state index in [-0.39, 0.29) is 28.5 Å². The molecule has 0 fully saturated rings. The first-order chi connectivity index (χ1) is 15.0. The minimum Gasteiger partial charge on any atom is -0.456 e. The Morgan fingerprint density at radius 2 is 1.75 bits per heavy atom. The van der Waals surface area contributed by atoms with Crippen LogP contribution in [-0.4, -0.2) is 29.3 Å². The van der Waals surface area contributed by atoms with E-state index < -0.39 is 47.5 Å². The number of rotatable bonds is 8. The summed E-state index contributed by atoms with van der Waals surface area (Å²) in [6.07, 6.45) is -5.37. The average molecular weight is 474 g/mol. The number of hydrogen-bond acceptors (Lipinski definition) is 6. The Balaban J connectivity index is 1.79. The van der Waals surface area contributed by atoms with Crippen LogP contribution >= 0.6 is 11.6 Å². The van der Waals surface area contributed by atoms with Crippen LogP contribution in [0.3, 0.4) is 0 Å². The minimum absolute atomic E-state index is 0.143. The number of carbonyl (C=O) groups is 3. The van der Waals surface area contributed by atoms with E-state index in [4.69, 9.17) is 11.6 Å². The van der Waals surface area contributed by atoms with Crippen LogP contribution in [0.2, 0.25) is 5.02 Å². The summed E-state index contributed by atoms with van der Waals surface area (Å²) in [5.74, 6) is -2.47. The van der Waals surface area contributed by atoms with E-state index in [1.807, 2.05) is 0 Å². The molecule has 0 spiro atoms. The lowest BCUT2D eigenvalue weighted by Crippen LogP contribution is -2.22. The second kappa shape index (κ2) is 10.6. The van der Waals surface area contributed by atoms with Gasteiger partial charge >= 0.3 is 12.1 Å². The van der Waals surface area contributed by atoms with Gasteiger partial charge in [-0.05, 0) is 24.3 Å². The van der Waals surface area contributed by atoms with Gasteiger partial charge in [-0.1, -0.05) is 17.7 Å². The molecule has 0 aliphatic heterocycles. The number of benzene rings is 2. The normalized spacial score (nSPS) is 10.9. The molecule has 0 unspecified atom stereocenters. The van der Waals surface area contributed by atoms with Crippen molar-refractivity contribution in [3.05, 3.63) is 63.2 Å². The summed E-state index contributed by atoms with van der Waals surface area (Å²) in [5.41, 5.74) is -1.40. The number of halogens is 4. The Kier molecular flexibility index (Phi) is 8.13. The van der Waals surface area contributed by atoms with Gasteiger partial charge in [-0.2, -0.15) is 13.2 Å². The monoisotopic (exact) mass is 473 g/mol. The minimum atomic E-state index is -4.64. The Hall–Kier alpha value is -3.67. The molecule has 32 heavy (non-hydrogen) atoms. The third-order valence-electron chi connectivity index (χ3n) is 3.83. The third kappa shape index (κ3) is 7.54. The van der Waals surface area contributed by atoms with Gasteiger partial charge in [-0.15, -0.1) is 0 Å². The number of hydrogen-bond donors (Lipinski definition) is 2. The van der Waals surface area contributed by atoms with E-state index >= 15 is 0 Å². The van der Waals surface area contributed by atoms with Gasteiger partial charge in [-0.25, -0.2) is 0 Å². The van der Waals surface area contributed by atoms with Crippen LogP contribution in [0.15, 0.2) is 42.5 Å². The van der Waals surface area contributed by atoms with Gasteiger partial charge in [0.25, 0.3) is 11.6 Å². The van der Waals surface area contributed by atoms with Crippen molar-refractivity contribution >= 4 is 46.4 Å². The first-order valence-corrected chi connectivity index (χ1v) is 9.20. The van der Waals surface area contributed by atoms with Crippen molar-refractivity contribution in [2.24, 2.45) is 0 Å². The molecule has 170 valence electrons. The first-order valence-electron chi connectivity index (χ1n) is 8.82. The SMILES string of the molecule is O=C(CCC(=O)OCC(=O)Nc1cc(C(F)(F)F)ccc1Cl)Nc1cccc([N+](=O)[O-])c1. The van der Waals surface area contributed by atoms with Crippen LogP contribution in [0.4, 0.5) is 30.2 Å². The van der Waals surface area contributed by atoms with Crippen molar-refractivity contribution in [3.63, 3.8) is 0 Å². The van der Waals surface area contributed by atoms with Crippen LogP contribution in [0.25, 0.3) is 0 Å². The second-order valence-corrected chi connectivity index (χ2v) is 6.66. The lowest BCUT2D eigenvalue weighted by Gasteiger charge is -2.12. The fourth-order valence-electron chi connectivity index (χ4n) is 2.34. The molecule has 0 bridgehead atoms. The van der Waals surface area contributed by atoms with E-state index in [1.165, 1.54) is 18.2 Å². The summed E-state index contributed by atoms with van der Waals surface area (Å²) in [7, 11) is 0. The number of non-ortho nitro benzene ring substituents is 1. The number of amides is 2. The van der Waals surface area contributed by atoms with Gasteiger partial charge in [0.1, 0.15) is 0 Å². The smallest absolute Gasteiger partial charge is 0.416 e. The number of esters is 1. The standard InChI is InChI=1S/C19H15ClF3N3O6/c20-14-5-4-11(19(21,22)23)8-15(14)25-17(28)10-32-18(29)7-6-16(27)24-12-2-1-3-13(9-12)26(30)31/h1-5,8-9H,6-7,10H2,(H,24,27)(H,25,28). The van der Waals surface area contributed by atoms with E-state index in [2.05, 4.69) is 15.4 Å². The molecule has 2 aromatic carbocycles. The van der Waals surface area contributed by atoms with Gasteiger partial charge < -0.3 is 15.4 Å². The quantitative estimate of drug-likeness (QED) is 0.336. The first kappa shape index (κ1) is 24.6. The number of nitrogens with one attached hydrogen (secondary N) is 2. The number of nitro benzene ring substituents is 1. The highest BCUT2D eigenvalue weighted by Crippen LogP contribution is 2.33. The van der Waals surface area contributed by atoms with Crippen LogP contribution in [0.5, 0.6) is 0 Å². The van der Waals surface area contributed by atoms with E-state index in [9.17, 15) is 37.7 Å². The highest BCUT2D eigenvalue weighted by atomic mass is 35.5. The molecule has 0 radical (unpaired) electrons. The molecule has 0 aliphatic rings.